The second-order valence-electron chi connectivity index (χ2n) is 7.18. The van der Waals surface area contributed by atoms with Gasteiger partial charge in [-0.3, -0.25) is 14.4 Å². The van der Waals surface area contributed by atoms with Crippen LogP contribution in [0.4, 0.5) is 0 Å². The number of nitrogens with one attached hydrogen (secondary N) is 1. The number of benzene rings is 2. The van der Waals surface area contributed by atoms with E-state index in [0.29, 0.717) is 35.2 Å². The number of carbonyl (C=O) groups is 3. The van der Waals surface area contributed by atoms with E-state index in [-0.39, 0.29) is 24.7 Å². The number of rotatable bonds is 10. The van der Waals surface area contributed by atoms with Crippen molar-refractivity contribution in [3.05, 3.63) is 59.2 Å². The van der Waals surface area contributed by atoms with Gasteiger partial charge in [-0.15, -0.1) is 0 Å². The molecule has 2 aromatic rings. The molecule has 0 spiro atoms. The predicted octanol–water partition coefficient (Wildman–Crippen LogP) is 2.81. The van der Waals surface area contributed by atoms with Crippen LogP contribution < -0.4 is 14.8 Å². The van der Waals surface area contributed by atoms with Gasteiger partial charge in [-0.2, -0.15) is 0 Å². The van der Waals surface area contributed by atoms with Crippen LogP contribution in [0.25, 0.3) is 0 Å². The molecule has 0 saturated heterocycles. The Morgan fingerprint density at radius 2 is 1.67 bits per heavy atom. The lowest BCUT2D eigenvalue weighted by atomic mass is 10.0. The van der Waals surface area contributed by atoms with Crippen LogP contribution in [0.15, 0.2) is 42.5 Å². The van der Waals surface area contributed by atoms with E-state index >= 15 is 0 Å². The molecule has 0 aliphatic heterocycles. The maximum absolute atomic E-state index is 12.7. The van der Waals surface area contributed by atoms with Crippen molar-refractivity contribution in [2.75, 3.05) is 27.4 Å². The van der Waals surface area contributed by atoms with Gasteiger partial charge in [-0.1, -0.05) is 12.1 Å². The second kappa shape index (κ2) is 9.91. The van der Waals surface area contributed by atoms with E-state index in [1.165, 1.54) is 20.0 Å². The highest BCUT2D eigenvalue weighted by Crippen LogP contribution is 2.33. The normalized spacial score (nSPS) is 12.7. The molecule has 0 radical (unpaired) electrons. The van der Waals surface area contributed by atoms with Crippen molar-refractivity contribution < 1.29 is 28.6 Å². The van der Waals surface area contributed by atoms with Crippen molar-refractivity contribution >= 4 is 17.7 Å². The molecule has 7 nitrogen and oxygen atoms in total. The van der Waals surface area contributed by atoms with Gasteiger partial charge < -0.3 is 19.5 Å². The molecule has 1 N–H and O–H groups in total. The minimum atomic E-state index is -0.523. The summed E-state index contributed by atoms with van der Waals surface area (Å²) in [5.41, 5.74) is 1.72. The number of ether oxygens (including phenoxy) is 3. The molecule has 0 aromatic heterocycles. The first kappa shape index (κ1) is 21.4. The summed E-state index contributed by atoms with van der Waals surface area (Å²) in [6, 6.07) is 11.9. The van der Waals surface area contributed by atoms with Crippen LogP contribution in [0.1, 0.15) is 39.1 Å². The molecule has 7 heteroatoms. The summed E-state index contributed by atoms with van der Waals surface area (Å²) >= 11 is 0. The molecule has 0 bridgehead atoms. The van der Waals surface area contributed by atoms with E-state index in [1.54, 1.807) is 49.6 Å². The second-order valence-corrected chi connectivity index (χ2v) is 7.18. The van der Waals surface area contributed by atoms with Crippen LogP contribution in [-0.4, -0.2) is 45.0 Å². The molecule has 1 aliphatic carbocycles. The van der Waals surface area contributed by atoms with Crippen LogP contribution in [-0.2, 0) is 16.0 Å². The van der Waals surface area contributed by atoms with Crippen molar-refractivity contribution in [1.29, 1.82) is 0 Å². The van der Waals surface area contributed by atoms with Gasteiger partial charge in [0.2, 0.25) is 0 Å². The van der Waals surface area contributed by atoms with Crippen LogP contribution in [0, 0.1) is 5.92 Å². The van der Waals surface area contributed by atoms with Gasteiger partial charge in [0.15, 0.2) is 17.3 Å². The third kappa shape index (κ3) is 5.83. The van der Waals surface area contributed by atoms with E-state index in [2.05, 4.69) is 10.1 Å². The predicted molar refractivity (Wildman–Crippen MR) is 110 cm³/mol. The minimum absolute atomic E-state index is 0.0585. The Kier molecular flexibility index (Phi) is 7.06. The zero-order chi connectivity index (χ0) is 21.5. The summed E-state index contributed by atoms with van der Waals surface area (Å²) in [5, 5.41) is 2.47. The fourth-order valence-electron chi connectivity index (χ4n) is 2.84. The van der Waals surface area contributed by atoms with Crippen molar-refractivity contribution in [3.8, 4) is 11.5 Å². The molecule has 0 atom stereocenters. The Hall–Kier alpha value is -3.35. The lowest BCUT2D eigenvalue weighted by Crippen LogP contribution is -2.30. The molecule has 1 amide bonds. The molecule has 1 aliphatic rings. The van der Waals surface area contributed by atoms with Crippen molar-refractivity contribution in [2.24, 2.45) is 5.92 Å². The first-order valence-electron chi connectivity index (χ1n) is 9.78. The highest BCUT2D eigenvalue weighted by atomic mass is 16.5. The first-order valence-corrected chi connectivity index (χ1v) is 9.78. The summed E-state index contributed by atoms with van der Waals surface area (Å²) in [6.45, 7) is 0.436. The maximum atomic E-state index is 12.7. The highest BCUT2D eigenvalue weighted by Gasteiger charge is 2.23. The summed E-state index contributed by atoms with van der Waals surface area (Å²) in [4.78, 5) is 35.8. The van der Waals surface area contributed by atoms with E-state index in [1.807, 2.05) is 0 Å². The van der Waals surface area contributed by atoms with Gasteiger partial charge in [0.05, 0.1) is 20.8 Å². The van der Waals surface area contributed by atoms with Gasteiger partial charge in [0.1, 0.15) is 6.54 Å². The molecular weight excluding hydrogens is 386 g/mol. The fraction of sp³-hybridized carbons (Fsp3) is 0.348. The molecule has 1 fully saturated rings. The molecule has 2 aromatic carbocycles. The molecule has 30 heavy (non-hydrogen) atoms. The summed E-state index contributed by atoms with van der Waals surface area (Å²) in [5.74, 6) is 0.813. The topological polar surface area (TPSA) is 90.9 Å². The van der Waals surface area contributed by atoms with Crippen LogP contribution >= 0.6 is 0 Å². The maximum Gasteiger partial charge on any atom is 0.325 e. The zero-order valence-electron chi connectivity index (χ0n) is 17.1. The van der Waals surface area contributed by atoms with E-state index in [4.69, 9.17) is 9.47 Å². The molecule has 0 heterocycles. The van der Waals surface area contributed by atoms with Gasteiger partial charge in [-0.25, -0.2) is 0 Å². The van der Waals surface area contributed by atoms with Gasteiger partial charge >= 0.3 is 5.97 Å². The Bertz CT molecular complexity index is 918. The summed E-state index contributed by atoms with van der Waals surface area (Å²) < 4.78 is 15.6. The Balaban J connectivity index is 1.61. The molecule has 1 saturated carbocycles. The molecule has 3 rings (SSSR count). The van der Waals surface area contributed by atoms with Crippen molar-refractivity contribution in [2.45, 2.75) is 19.3 Å². The standard InChI is InChI=1S/C23H25NO6/c1-28-20-10-9-18(12-21(20)30-14-16-3-4-16)19(25)11-15-5-7-17(8-6-15)23(27)24-13-22(26)29-2/h5-10,12,16H,3-4,11,13-14H2,1-2H3,(H,24,27). The summed E-state index contributed by atoms with van der Waals surface area (Å²) in [7, 11) is 2.83. The SMILES string of the molecule is COC(=O)CNC(=O)c1ccc(CC(=O)c2ccc(OC)c(OCC3CC3)c2)cc1. The van der Waals surface area contributed by atoms with E-state index < -0.39 is 5.97 Å². The number of hydrogen-bond donors (Lipinski definition) is 1. The van der Waals surface area contributed by atoms with E-state index in [9.17, 15) is 14.4 Å². The Morgan fingerprint density at radius 1 is 0.967 bits per heavy atom. The Labute approximate surface area is 175 Å². The van der Waals surface area contributed by atoms with Crippen molar-refractivity contribution in [3.63, 3.8) is 0 Å². The van der Waals surface area contributed by atoms with E-state index in [0.717, 1.165) is 5.56 Å². The van der Waals surface area contributed by atoms with Gasteiger partial charge in [0, 0.05) is 17.5 Å². The average Bonchev–Trinajstić information content (AvgIpc) is 3.60. The fourth-order valence-corrected chi connectivity index (χ4v) is 2.84. The van der Waals surface area contributed by atoms with Crippen molar-refractivity contribution in [1.82, 2.24) is 5.32 Å². The smallest absolute Gasteiger partial charge is 0.325 e. The monoisotopic (exact) mass is 411 g/mol. The largest absolute Gasteiger partial charge is 0.493 e. The summed E-state index contributed by atoms with van der Waals surface area (Å²) in [6.07, 6.45) is 2.55. The first-order chi connectivity index (χ1) is 14.5. The Morgan fingerprint density at radius 3 is 2.30 bits per heavy atom. The van der Waals surface area contributed by atoms with Gasteiger partial charge in [-0.05, 0) is 54.7 Å². The van der Waals surface area contributed by atoms with Gasteiger partial charge in [0.25, 0.3) is 5.91 Å². The molecule has 0 unspecified atom stereocenters. The van der Waals surface area contributed by atoms with Crippen LogP contribution in [0.3, 0.4) is 0 Å². The lowest BCUT2D eigenvalue weighted by molar-refractivity contribution is -0.139. The number of Topliss-reactive ketones (excluding diaryl/α,β-unsaturated/α-hetero) is 1. The number of amides is 1. The lowest BCUT2D eigenvalue weighted by Gasteiger charge is -2.12. The highest BCUT2D eigenvalue weighted by molar-refractivity contribution is 5.98. The molecule has 158 valence electrons. The van der Waals surface area contributed by atoms with Crippen LogP contribution in [0.2, 0.25) is 0 Å². The number of ketones is 1. The van der Waals surface area contributed by atoms with Crippen LogP contribution in [0.5, 0.6) is 11.5 Å². The quantitative estimate of drug-likeness (QED) is 0.478. The third-order valence-electron chi connectivity index (χ3n) is 4.86. The minimum Gasteiger partial charge on any atom is -0.493 e. The zero-order valence-corrected chi connectivity index (χ0v) is 17.1. The number of methoxy groups -OCH3 is 2. The third-order valence-corrected chi connectivity index (χ3v) is 4.86. The molecular formula is C23H25NO6. The average molecular weight is 411 g/mol. The number of hydrogen-bond acceptors (Lipinski definition) is 6. The number of esters is 1. The number of carbonyl (C=O) groups excluding carboxylic acids is 3.